The number of Topliss-reactive ketones (excluding diaryl/α,β-unsaturated/α-hetero) is 1. The number of amides is 1. The Morgan fingerprint density at radius 2 is 1.72 bits per heavy atom. The van der Waals surface area contributed by atoms with E-state index in [-0.39, 0.29) is 11.3 Å². The van der Waals surface area contributed by atoms with Gasteiger partial charge in [-0.2, -0.15) is 0 Å². The standard InChI is InChI=1S/C22H20N4O3/c27-20(17-5-2-1-3-6-17)18-19(16-7-9-23-10-8-16)26(22(29)21(18)28)13-4-12-25-14-11-24-15-25/h1-3,5-11,14-15,19,27H,4,12-13H2/b20-18+/t19-/m0/s1. The summed E-state index contributed by atoms with van der Waals surface area (Å²) in [6, 6.07) is 11.7. The van der Waals surface area contributed by atoms with Crippen molar-refractivity contribution >= 4 is 17.4 Å². The second kappa shape index (κ2) is 8.10. The summed E-state index contributed by atoms with van der Waals surface area (Å²) in [7, 11) is 0. The Balaban J connectivity index is 1.70. The van der Waals surface area contributed by atoms with Crippen LogP contribution in [0.1, 0.15) is 23.6 Å². The molecule has 1 aromatic carbocycles. The molecule has 7 nitrogen and oxygen atoms in total. The monoisotopic (exact) mass is 388 g/mol. The Labute approximate surface area is 168 Å². The number of pyridine rings is 1. The predicted molar refractivity (Wildman–Crippen MR) is 107 cm³/mol. The third-order valence-corrected chi connectivity index (χ3v) is 4.98. The lowest BCUT2D eigenvalue weighted by molar-refractivity contribution is -0.139. The second-order valence-corrected chi connectivity index (χ2v) is 6.79. The third kappa shape index (κ3) is 3.67. The molecule has 1 saturated heterocycles. The number of nitrogens with zero attached hydrogens (tertiary/aromatic N) is 4. The minimum Gasteiger partial charge on any atom is -0.507 e. The summed E-state index contributed by atoms with van der Waals surface area (Å²) >= 11 is 0. The van der Waals surface area contributed by atoms with E-state index in [2.05, 4.69) is 9.97 Å². The van der Waals surface area contributed by atoms with Crippen LogP contribution in [-0.2, 0) is 16.1 Å². The molecule has 2 aromatic heterocycles. The van der Waals surface area contributed by atoms with Crippen molar-refractivity contribution in [2.75, 3.05) is 6.54 Å². The molecule has 0 saturated carbocycles. The van der Waals surface area contributed by atoms with Gasteiger partial charge in [0.2, 0.25) is 0 Å². The summed E-state index contributed by atoms with van der Waals surface area (Å²) in [5.41, 5.74) is 1.34. The molecule has 146 valence electrons. The summed E-state index contributed by atoms with van der Waals surface area (Å²) in [6.07, 6.45) is 9.14. The highest BCUT2D eigenvalue weighted by molar-refractivity contribution is 6.46. The summed E-state index contributed by atoms with van der Waals surface area (Å²) in [4.78, 5) is 35.3. The van der Waals surface area contributed by atoms with E-state index in [9.17, 15) is 14.7 Å². The smallest absolute Gasteiger partial charge is 0.295 e. The molecule has 1 aliphatic rings. The van der Waals surface area contributed by atoms with Crippen molar-refractivity contribution in [2.45, 2.75) is 19.0 Å². The van der Waals surface area contributed by atoms with E-state index in [0.717, 1.165) is 5.56 Å². The number of likely N-dealkylation sites (tertiary alicyclic amines) is 1. The fraction of sp³-hybridized carbons (Fsp3) is 0.182. The third-order valence-electron chi connectivity index (χ3n) is 4.98. The van der Waals surface area contributed by atoms with Crippen LogP contribution in [-0.4, -0.2) is 42.8 Å². The number of carbonyl (C=O) groups is 2. The predicted octanol–water partition coefficient (Wildman–Crippen LogP) is 2.79. The van der Waals surface area contributed by atoms with Gasteiger partial charge in [-0.05, 0) is 24.1 Å². The van der Waals surface area contributed by atoms with Crippen LogP contribution in [0.2, 0.25) is 0 Å². The zero-order chi connectivity index (χ0) is 20.2. The van der Waals surface area contributed by atoms with Crippen molar-refractivity contribution in [1.82, 2.24) is 19.4 Å². The number of hydrogen-bond donors (Lipinski definition) is 1. The number of benzene rings is 1. The van der Waals surface area contributed by atoms with Gasteiger partial charge in [-0.15, -0.1) is 0 Å². The first kappa shape index (κ1) is 18.6. The number of imidazole rings is 1. The van der Waals surface area contributed by atoms with Crippen LogP contribution in [0.15, 0.2) is 79.2 Å². The Morgan fingerprint density at radius 1 is 0.966 bits per heavy atom. The topological polar surface area (TPSA) is 88.3 Å². The minimum absolute atomic E-state index is 0.107. The fourth-order valence-corrected chi connectivity index (χ4v) is 3.60. The number of rotatable bonds is 6. The van der Waals surface area contributed by atoms with Crippen LogP contribution < -0.4 is 0 Å². The van der Waals surface area contributed by atoms with Crippen molar-refractivity contribution in [3.63, 3.8) is 0 Å². The van der Waals surface area contributed by atoms with Crippen molar-refractivity contribution in [3.8, 4) is 0 Å². The first-order chi connectivity index (χ1) is 14.2. The molecule has 0 aliphatic carbocycles. The Hall–Kier alpha value is -3.74. The van der Waals surface area contributed by atoms with Crippen molar-refractivity contribution in [1.29, 1.82) is 0 Å². The first-order valence-corrected chi connectivity index (χ1v) is 9.36. The van der Waals surface area contributed by atoms with E-state index >= 15 is 0 Å². The number of hydrogen-bond acceptors (Lipinski definition) is 5. The number of aryl methyl sites for hydroxylation is 1. The zero-order valence-corrected chi connectivity index (χ0v) is 15.7. The van der Waals surface area contributed by atoms with E-state index in [1.165, 1.54) is 4.90 Å². The van der Waals surface area contributed by atoms with Crippen LogP contribution in [0.4, 0.5) is 0 Å². The molecule has 7 heteroatoms. The van der Waals surface area contributed by atoms with Gasteiger partial charge in [0.25, 0.3) is 11.7 Å². The van der Waals surface area contributed by atoms with Gasteiger partial charge in [0.1, 0.15) is 5.76 Å². The van der Waals surface area contributed by atoms with Gasteiger partial charge in [0, 0.05) is 43.4 Å². The second-order valence-electron chi connectivity index (χ2n) is 6.79. The van der Waals surface area contributed by atoms with Crippen molar-refractivity contribution < 1.29 is 14.7 Å². The normalized spacial score (nSPS) is 18.3. The van der Waals surface area contributed by atoms with Gasteiger partial charge in [-0.25, -0.2) is 4.98 Å². The lowest BCUT2D eigenvalue weighted by Crippen LogP contribution is -2.31. The molecule has 1 amide bonds. The van der Waals surface area contributed by atoms with Gasteiger partial charge in [-0.3, -0.25) is 14.6 Å². The van der Waals surface area contributed by atoms with Crippen LogP contribution >= 0.6 is 0 Å². The number of aliphatic hydroxyl groups is 1. The average molecular weight is 388 g/mol. The van der Waals surface area contributed by atoms with E-state index in [1.807, 2.05) is 16.8 Å². The highest BCUT2D eigenvalue weighted by atomic mass is 16.3. The van der Waals surface area contributed by atoms with E-state index in [4.69, 9.17) is 0 Å². The van der Waals surface area contributed by atoms with Crippen molar-refractivity contribution in [2.24, 2.45) is 0 Å². The van der Waals surface area contributed by atoms with Crippen LogP contribution in [0.25, 0.3) is 5.76 Å². The van der Waals surface area contributed by atoms with Gasteiger partial charge in [0.05, 0.1) is 17.9 Å². The molecule has 0 radical (unpaired) electrons. The Kier molecular flexibility index (Phi) is 5.20. The molecule has 0 spiro atoms. The maximum Gasteiger partial charge on any atom is 0.295 e. The van der Waals surface area contributed by atoms with Crippen molar-refractivity contribution in [3.05, 3.63) is 90.3 Å². The molecule has 0 bridgehead atoms. The van der Waals surface area contributed by atoms with Gasteiger partial charge in [0.15, 0.2) is 0 Å². The molecule has 1 N–H and O–H groups in total. The number of carbonyl (C=O) groups excluding carboxylic acids is 2. The maximum atomic E-state index is 12.9. The minimum atomic E-state index is -0.671. The molecule has 1 atom stereocenters. The largest absolute Gasteiger partial charge is 0.507 e. The molecule has 3 heterocycles. The van der Waals surface area contributed by atoms with Gasteiger partial charge < -0.3 is 14.6 Å². The molecule has 1 aliphatic heterocycles. The fourth-order valence-electron chi connectivity index (χ4n) is 3.60. The van der Waals surface area contributed by atoms with Crippen LogP contribution in [0.5, 0.6) is 0 Å². The number of aliphatic hydroxyl groups excluding tert-OH is 1. The SMILES string of the molecule is O=C1C(=O)N(CCCn2ccnc2)[C@@H](c2ccncc2)/C1=C(\O)c1ccccc1. The number of aromatic nitrogens is 3. The van der Waals surface area contributed by atoms with Crippen LogP contribution in [0, 0.1) is 0 Å². The van der Waals surface area contributed by atoms with Gasteiger partial charge in [-0.1, -0.05) is 30.3 Å². The summed E-state index contributed by atoms with van der Waals surface area (Å²) in [5, 5.41) is 10.9. The maximum absolute atomic E-state index is 12.9. The Morgan fingerprint density at radius 3 is 2.41 bits per heavy atom. The van der Waals surface area contributed by atoms with E-state index < -0.39 is 17.7 Å². The Bertz CT molecular complexity index is 1030. The lowest BCUT2D eigenvalue weighted by atomic mass is 9.96. The number of ketones is 1. The van der Waals surface area contributed by atoms with Gasteiger partial charge >= 0.3 is 0 Å². The van der Waals surface area contributed by atoms with E-state index in [1.54, 1.807) is 61.3 Å². The molecular formula is C22H20N4O3. The summed E-state index contributed by atoms with van der Waals surface area (Å²) < 4.78 is 1.92. The molecular weight excluding hydrogens is 368 g/mol. The molecule has 0 unspecified atom stereocenters. The average Bonchev–Trinajstić information content (AvgIpc) is 3.37. The quantitative estimate of drug-likeness (QED) is 0.399. The first-order valence-electron chi connectivity index (χ1n) is 9.36. The highest BCUT2D eigenvalue weighted by Crippen LogP contribution is 2.39. The zero-order valence-electron chi connectivity index (χ0n) is 15.7. The molecule has 3 aromatic rings. The lowest BCUT2D eigenvalue weighted by Gasteiger charge is -2.25. The molecule has 29 heavy (non-hydrogen) atoms. The van der Waals surface area contributed by atoms with E-state index in [0.29, 0.717) is 25.1 Å². The molecule has 1 fully saturated rings. The molecule has 4 rings (SSSR count). The highest BCUT2D eigenvalue weighted by Gasteiger charge is 2.45. The van der Waals surface area contributed by atoms with Crippen LogP contribution in [0.3, 0.4) is 0 Å². The summed E-state index contributed by atoms with van der Waals surface area (Å²) in [6.45, 7) is 1.05. The summed E-state index contributed by atoms with van der Waals surface area (Å²) in [5.74, 6) is -1.44.